The Morgan fingerprint density at radius 1 is 1.25 bits per heavy atom. The van der Waals surface area contributed by atoms with Crippen LogP contribution in [-0.2, 0) is 9.47 Å². The summed E-state index contributed by atoms with van der Waals surface area (Å²) in [6.45, 7) is 3.23. The lowest BCUT2D eigenvalue weighted by Crippen LogP contribution is -2.67. The first-order valence-corrected chi connectivity index (χ1v) is 7.56. The third kappa shape index (κ3) is 2.80. The second kappa shape index (κ2) is 5.86. The van der Waals surface area contributed by atoms with E-state index in [0.717, 1.165) is 0 Å². The molecule has 1 fully saturated rings. The Balaban J connectivity index is 1.99. The third-order valence-corrected chi connectivity index (χ3v) is 4.24. The number of fused-ring (bicyclic) bond motifs is 1. The van der Waals surface area contributed by atoms with Gasteiger partial charge in [-0.25, -0.2) is 4.79 Å². The van der Waals surface area contributed by atoms with E-state index in [1.807, 2.05) is 0 Å². The number of aliphatic hydroxyl groups excluding tert-OH is 1. The molecule has 2 N–H and O–H groups in total. The number of ether oxygens (including phenoxy) is 3. The Bertz CT molecular complexity index is 797. The van der Waals surface area contributed by atoms with Crippen LogP contribution in [-0.4, -0.2) is 47.5 Å². The maximum Gasteiger partial charge on any atom is 0.336 e. The van der Waals surface area contributed by atoms with Crippen LogP contribution in [0, 0.1) is 0 Å². The van der Waals surface area contributed by atoms with Crippen molar-refractivity contribution in [3.63, 3.8) is 0 Å². The number of benzene rings is 1. The zero-order valence-electron chi connectivity index (χ0n) is 13.7. The molecule has 0 amide bonds. The van der Waals surface area contributed by atoms with Gasteiger partial charge in [-0.15, -0.1) is 0 Å². The van der Waals surface area contributed by atoms with Crippen molar-refractivity contribution < 1.29 is 28.8 Å². The highest BCUT2D eigenvalue weighted by Gasteiger charge is 2.55. The topological polar surface area (TPSA) is 98.4 Å². The zero-order valence-corrected chi connectivity index (χ0v) is 13.7. The molecule has 0 bridgehead atoms. The van der Waals surface area contributed by atoms with Crippen molar-refractivity contribution in [3.05, 3.63) is 40.8 Å². The lowest BCUT2D eigenvalue weighted by Gasteiger charge is -2.48. The van der Waals surface area contributed by atoms with Gasteiger partial charge in [0.05, 0.1) is 5.60 Å². The van der Waals surface area contributed by atoms with Crippen molar-refractivity contribution in [3.8, 4) is 5.75 Å². The molecule has 1 saturated heterocycles. The van der Waals surface area contributed by atoms with Crippen LogP contribution in [0.15, 0.2) is 39.5 Å². The van der Waals surface area contributed by atoms with E-state index in [4.69, 9.17) is 18.6 Å². The molecule has 1 aromatic heterocycles. The molecule has 7 heteroatoms. The second-order valence-corrected chi connectivity index (χ2v) is 6.37. The number of hydrogen-bond acceptors (Lipinski definition) is 7. The minimum absolute atomic E-state index is 0.130. The smallest absolute Gasteiger partial charge is 0.336 e. The summed E-state index contributed by atoms with van der Waals surface area (Å²) >= 11 is 0. The number of methoxy groups -OCH3 is 1. The van der Waals surface area contributed by atoms with Crippen LogP contribution in [0.4, 0.5) is 0 Å². The van der Waals surface area contributed by atoms with E-state index in [-0.39, 0.29) is 17.9 Å². The first kappa shape index (κ1) is 16.9. The predicted octanol–water partition coefficient (Wildman–Crippen LogP) is 1.05. The van der Waals surface area contributed by atoms with Crippen LogP contribution in [0.2, 0.25) is 0 Å². The van der Waals surface area contributed by atoms with Crippen LogP contribution in [0.5, 0.6) is 5.75 Å². The first-order chi connectivity index (χ1) is 11.3. The van der Waals surface area contributed by atoms with Gasteiger partial charge in [0.15, 0.2) is 17.4 Å². The summed E-state index contributed by atoms with van der Waals surface area (Å²) in [5.41, 5.74) is -1.15. The quantitative estimate of drug-likeness (QED) is 0.638. The lowest BCUT2D eigenvalue weighted by molar-refractivity contribution is -0.326. The Morgan fingerprint density at radius 2 is 2.00 bits per heavy atom. The minimum atomic E-state index is -2.04. The third-order valence-electron chi connectivity index (χ3n) is 4.24. The Labute approximate surface area is 138 Å². The summed E-state index contributed by atoms with van der Waals surface area (Å²) in [6, 6.07) is 7.85. The van der Waals surface area contributed by atoms with Gasteiger partial charge in [0.25, 0.3) is 5.79 Å². The fourth-order valence-electron chi connectivity index (χ4n) is 2.91. The van der Waals surface area contributed by atoms with Crippen LogP contribution in [0.3, 0.4) is 0 Å². The van der Waals surface area contributed by atoms with Crippen molar-refractivity contribution >= 4 is 11.0 Å². The number of hydrogen-bond donors (Lipinski definition) is 2. The number of aliphatic hydroxyl groups is 2. The maximum absolute atomic E-state index is 11.5. The minimum Gasteiger partial charge on any atom is -0.453 e. The molecule has 130 valence electrons. The molecule has 3 unspecified atom stereocenters. The van der Waals surface area contributed by atoms with Crippen molar-refractivity contribution in [1.82, 2.24) is 0 Å². The van der Waals surface area contributed by atoms with E-state index in [2.05, 4.69) is 0 Å². The van der Waals surface area contributed by atoms with E-state index in [1.54, 1.807) is 32.0 Å². The average Bonchev–Trinajstić information content (AvgIpc) is 2.53. The highest BCUT2D eigenvalue weighted by atomic mass is 16.7. The summed E-state index contributed by atoms with van der Waals surface area (Å²) in [4.78, 5) is 11.5. The van der Waals surface area contributed by atoms with Crippen LogP contribution in [0.25, 0.3) is 11.0 Å². The van der Waals surface area contributed by atoms with Gasteiger partial charge in [-0.05, 0) is 26.0 Å². The van der Waals surface area contributed by atoms with Gasteiger partial charge in [-0.3, -0.25) is 0 Å². The molecule has 0 saturated carbocycles. The average molecular weight is 336 g/mol. The molecule has 1 aliphatic heterocycles. The van der Waals surface area contributed by atoms with Gasteiger partial charge in [0, 0.05) is 18.6 Å². The van der Waals surface area contributed by atoms with Crippen LogP contribution in [0.1, 0.15) is 13.8 Å². The summed E-state index contributed by atoms with van der Waals surface area (Å²) in [5.74, 6) is -1.91. The molecule has 0 radical (unpaired) electrons. The van der Waals surface area contributed by atoms with Crippen LogP contribution < -0.4 is 10.4 Å². The van der Waals surface area contributed by atoms with E-state index >= 15 is 0 Å². The largest absolute Gasteiger partial charge is 0.453 e. The van der Waals surface area contributed by atoms with Gasteiger partial charge in [0.1, 0.15) is 12.7 Å². The van der Waals surface area contributed by atoms with Gasteiger partial charge in [-0.2, -0.15) is 0 Å². The lowest BCUT2D eigenvalue weighted by atomic mass is 9.88. The summed E-state index contributed by atoms with van der Waals surface area (Å²) in [6.07, 6.45) is -2.17. The van der Waals surface area contributed by atoms with Gasteiger partial charge < -0.3 is 28.8 Å². The summed E-state index contributed by atoms with van der Waals surface area (Å²) < 4.78 is 21.7. The number of para-hydroxylation sites is 1. The van der Waals surface area contributed by atoms with Gasteiger partial charge >= 0.3 is 5.63 Å². The Hall–Kier alpha value is -1.93. The fourth-order valence-corrected chi connectivity index (χ4v) is 2.91. The van der Waals surface area contributed by atoms with Crippen molar-refractivity contribution in [2.45, 2.75) is 37.4 Å². The highest BCUT2D eigenvalue weighted by Crippen LogP contribution is 2.36. The summed E-state index contributed by atoms with van der Waals surface area (Å²) in [5, 5.41) is 21.9. The molecule has 2 aromatic rings. The normalized spacial score (nSPS) is 29.5. The van der Waals surface area contributed by atoms with Crippen molar-refractivity contribution in [2.75, 3.05) is 13.7 Å². The molecule has 3 atom stereocenters. The molecule has 1 aromatic carbocycles. The Morgan fingerprint density at radius 3 is 2.71 bits per heavy atom. The van der Waals surface area contributed by atoms with E-state index in [1.165, 1.54) is 19.2 Å². The predicted molar refractivity (Wildman–Crippen MR) is 84.9 cm³/mol. The van der Waals surface area contributed by atoms with E-state index < -0.39 is 29.2 Å². The molecule has 2 heterocycles. The Kier molecular flexibility index (Phi) is 4.13. The first-order valence-electron chi connectivity index (χ1n) is 7.56. The fraction of sp³-hybridized carbons (Fsp3) is 0.471. The maximum atomic E-state index is 11.5. The summed E-state index contributed by atoms with van der Waals surface area (Å²) in [7, 11) is 1.42. The molecule has 0 aliphatic carbocycles. The number of rotatable bonds is 3. The van der Waals surface area contributed by atoms with Crippen molar-refractivity contribution in [2.24, 2.45) is 0 Å². The molecule has 24 heavy (non-hydrogen) atoms. The molecule has 1 aliphatic rings. The van der Waals surface area contributed by atoms with Gasteiger partial charge in [0.2, 0.25) is 0 Å². The molecular weight excluding hydrogens is 316 g/mol. The molecule has 0 spiro atoms. The van der Waals surface area contributed by atoms with E-state index in [9.17, 15) is 15.0 Å². The highest BCUT2D eigenvalue weighted by molar-refractivity contribution is 5.82. The molecule has 3 rings (SSSR count). The zero-order chi connectivity index (χ0) is 17.5. The standard InChI is InChI=1S/C17H20O7/c1-16(2)15(21-3)14(19)17(20,9-22-16)24-11-6-4-5-10-7-8-12(18)23-13(10)11/h4-8,14-15,19-20H,9H2,1-3H3. The van der Waals surface area contributed by atoms with Crippen LogP contribution >= 0.6 is 0 Å². The van der Waals surface area contributed by atoms with Crippen molar-refractivity contribution in [1.29, 1.82) is 0 Å². The molecular formula is C17H20O7. The molecule has 7 nitrogen and oxygen atoms in total. The van der Waals surface area contributed by atoms with Gasteiger partial charge in [-0.1, -0.05) is 12.1 Å². The van der Waals surface area contributed by atoms with E-state index in [0.29, 0.717) is 5.39 Å². The SMILES string of the molecule is COC1C(O)C(O)(Oc2cccc3ccc(=O)oc23)COC1(C)C. The second-order valence-electron chi connectivity index (χ2n) is 6.37. The monoisotopic (exact) mass is 336 g/mol.